The molecular formula is C19H16FN3O2S. The fraction of sp³-hybridized carbons (Fsp3) is 0.211. The van der Waals surface area contributed by atoms with Gasteiger partial charge >= 0.3 is 0 Å². The SMILES string of the molecule is O=C(NCc1nc2ccccc2s1)C1CC(=O)N(c2ccccc2F)C1. The highest BCUT2D eigenvalue weighted by molar-refractivity contribution is 7.18. The van der Waals surface area contributed by atoms with Crippen LogP contribution in [0.25, 0.3) is 10.2 Å². The van der Waals surface area contributed by atoms with Gasteiger partial charge in [0.15, 0.2) is 0 Å². The van der Waals surface area contributed by atoms with Crippen LogP contribution < -0.4 is 10.2 Å². The standard InChI is InChI=1S/C19H16FN3O2S/c20-13-5-1-3-7-15(13)23-11-12(9-18(23)24)19(25)21-10-17-22-14-6-2-4-8-16(14)26-17/h1-8,12H,9-11H2,(H,21,25). The van der Waals surface area contributed by atoms with E-state index in [2.05, 4.69) is 10.3 Å². The van der Waals surface area contributed by atoms with E-state index in [1.165, 1.54) is 22.3 Å². The summed E-state index contributed by atoms with van der Waals surface area (Å²) in [6, 6.07) is 13.9. The molecule has 132 valence electrons. The molecule has 0 bridgehead atoms. The van der Waals surface area contributed by atoms with Crippen molar-refractivity contribution in [1.29, 1.82) is 0 Å². The summed E-state index contributed by atoms with van der Waals surface area (Å²) in [5, 5.41) is 3.66. The monoisotopic (exact) mass is 369 g/mol. The average molecular weight is 369 g/mol. The Labute approximate surface area is 153 Å². The summed E-state index contributed by atoms with van der Waals surface area (Å²) >= 11 is 1.53. The maximum absolute atomic E-state index is 13.9. The van der Waals surface area contributed by atoms with Crippen LogP contribution in [0.3, 0.4) is 0 Å². The minimum Gasteiger partial charge on any atom is -0.349 e. The molecule has 26 heavy (non-hydrogen) atoms. The zero-order chi connectivity index (χ0) is 18.1. The summed E-state index contributed by atoms with van der Waals surface area (Å²) in [5.41, 5.74) is 1.13. The molecule has 2 heterocycles. The molecule has 0 aliphatic carbocycles. The van der Waals surface area contributed by atoms with Gasteiger partial charge in [-0.15, -0.1) is 11.3 Å². The fourth-order valence-electron chi connectivity index (χ4n) is 3.09. The maximum atomic E-state index is 13.9. The third kappa shape index (κ3) is 3.17. The highest BCUT2D eigenvalue weighted by Gasteiger charge is 2.36. The number of amides is 2. The Balaban J connectivity index is 1.41. The number of nitrogens with zero attached hydrogens (tertiary/aromatic N) is 2. The lowest BCUT2D eigenvalue weighted by Gasteiger charge is -2.17. The van der Waals surface area contributed by atoms with Gasteiger partial charge in [0.05, 0.1) is 28.4 Å². The molecule has 7 heteroatoms. The number of para-hydroxylation sites is 2. The van der Waals surface area contributed by atoms with E-state index in [1.807, 2.05) is 24.3 Å². The molecule has 1 aliphatic rings. The lowest BCUT2D eigenvalue weighted by molar-refractivity contribution is -0.126. The smallest absolute Gasteiger partial charge is 0.227 e. The van der Waals surface area contributed by atoms with Crippen LogP contribution in [0.5, 0.6) is 0 Å². The Morgan fingerprint density at radius 3 is 2.81 bits per heavy atom. The van der Waals surface area contributed by atoms with Gasteiger partial charge < -0.3 is 10.2 Å². The third-order valence-electron chi connectivity index (χ3n) is 4.39. The van der Waals surface area contributed by atoms with Crippen LogP contribution in [0.2, 0.25) is 0 Å². The van der Waals surface area contributed by atoms with Gasteiger partial charge in [0.1, 0.15) is 10.8 Å². The molecule has 5 nitrogen and oxygen atoms in total. The molecule has 1 aromatic heterocycles. The second kappa shape index (κ2) is 6.84. The van der Waals surface area contributed by atoms with Crippen molar-refractivity contribution in [1.82, 2.24) is 10.3 Å². The molecule has 1 fully saturated rings. The second-order valence-electron chi connectivity index (χ2n) is 6.15. The van der Waals surface area contributed by atoms with Gasteiger partial charge in [-0.2, -0.15) is 0 Å². The van der Waals surface area contributed by atoms with Crippen molar-refractivity contribution >= 4 is 39.1 Å². The molecule has 1 atom stereocenters. The number of thiazole rings is 1. The van der Waals surface area contributed by atoms with E-state index in [-0.39, 0.29) is 30.5 Å². The summed E-state index contributed by atoms with van der Waals surface area (Å²) in [4.78, 5) is 30.5. The first-order valence-electron chi connectivity index (χ1n) is 8.29. The van der Waals surface area contributed by atoms with E-state index in [4.69, 9.17) is 0 Å². The lowest BCUT2D eigenvalue weighted by Crippen LogP contribution is -2.32. The molecule has 2 amide bonds. The Hall–Kier alpha value is -2.80. The van der Waals surface area contributed by atoms with Crippen LogP contribution in [-0.4, -0.2) is 23.3 Å². The molecule has 1 aliphatic heterocycles. The fourth-order valence-corrected chi connectivity index (χ4v) is 4.00. The number of fused-ring (bicyclic) bond motifs is 1. The van der Waals surface area contributed by atoms with E-state index >= 15 is 0 Å². The van der Waals surface area contributed by atoms with Crippen molar-refractivity contribution in [3.63, 3.8) is 0 Å². The Morgan fingerprint density at radius 2 is 2.00 bits per heavy atom. The van der Waals surface area contributed by atoms with Crippen molar-refractivity contribution in [3.05, 3.63) is 59.4 Å². The molecule has 3 aromatic rings. The van der Waals surface area contributed by atoms with Crippen LogP contribution in [0.4, 0.5) is 10.1 Å². The van der Waals surface area contributed by atoms with Crippen LogP contribution in [-0.2, 0) is 16.1 Å². The van der Waals surface area contributed by atoms with E-state index in [1.54, 1.807) is 18.2 Å². The largest absolute Gasteiger partial charge is 0.349 e. The number of anilines is 1. The number of benzene rings is 2. The van der Waals surface area contributed by atoms with Crippen LogP contribution in [0, 0.1) is 11.7 Å². The number of hydrogen-bond donors (Lipinski definition) is 1. The molecule has 0 spiro atoms. The van der Waals surface area contributed by atoms with Crippen molar-refractivity contribution < 1.29 is 14.0 Å². The summed E-state index contributed by atoms with van der Waals surface area (Å²) in [6.45, 7) is 0.508. The lowest BCUT2D eigenvalue weighted by atomic mass is 10.1. The number of halogens is 1. The Kier molecular flexibility index (Phi) is 4.38. The number of carbonyl (C=O) groups excluding carboxylic acids is 2. The predicted octanol–water partition coefficient (Wildman–Crippen LogP) is 3.10. The van der Waals surface area contributed by atoms with Gasteiger partial charge in [-0.25, -0.2) is 9.37 Å². The van der Waals surface area contributed by atoms with Gasteiger partial charge in [0.2, 0.25) is 11.8 Å². The quantitative estimate of drug-likeness (QED) is 0.769. The number of hydrogen-bond acceptors (Lipinski definition) is 4. The van der Waals surface area contributed by atoms with Crippen molar-refractivity contribution in [2.45, 2.75) is 13.0 Å². The number of nitrogens with one attached hydrogen (secondary N) is 1. The van der Waals surface area contributed by atoms with Gasteiger partial charge in [-0.1, -0.05) is 24.3 Å². The zero-order valence-electron chi connectivity index (χ0n) is 13.8. The van der Waals surface area contributed by atoms with Crippen LogP contribution in [0.1, 0.15) is 11.4 Å². The van der Waals surface area contributed by atoms with Gasteiger partial charge in [-0.3, -0.25) is 9.59 Å². The number of rotatable bonds is 4. The summed E-state index contributed by atoms with van der Waals surface area (Å²) < 4.78 is 15.0. The normalized spacial score (nSPS) is 17.0. The Morgan fingerprint density at radius 1 is 1.23 bits per heavy atom. The first-order valence-corrected chi connectivity index (χ1v) is 9.10. The molecule has 1 saturated heterocycles. The molecule has 1 unspecified atom stereocenters. The maximum Gasteiger partial charge on any atom is 0.227 e. The van der Waals surface area contributed by atoms with E-state index in [0.717, 1.165) is 15.2 Å². The summed E-state index contributed by atoms with van der Waals surface area (Å²) in [6.07, 6.45) is 0.0833. The Bertz CT molecular complexity index is 955. The predicted molar refractivity (Wildman–Crippen MR) is 98.3 cm³/mol. The first-order chi connectivity index (χ1) is 12.6. The van der Waals surface area contributed by atoms with E-state index < -0.39 is 11.7 Å². The third-order valence-corrected chi connectivity index (χ3v) is 5.43. The second-order valence-corrected chi connectivity index (χ2v) is 7.27. The number of aromatic nitrogens is 1. The molecule has 1 N–H and O–H groups in total. The van der Waals surface area contributed by atoms with Crippen LogP contribution >= 0.6 is 11.3 Å². The molecular weight excluding hydrogens is 353 g/mol. The topological polar surface area (TPSA) is 62.3 Å². The van der Waals surface area contributed by atoms with E-state index in [0.29, 0.717) is 6.54 Å². The van der Waals surface area contributed by atoms with Gasteiger partial charge in [0, 0.05) is 13.0 Å². The molecule has 0 radical (unpaired) electrons. The summed E-state index contributed by atoms with van der Waals surface area (Å²) in [7, 11) is 0. The van der Waals surface area contributed by atoms with Gasteiger partial charge in [0.25, 0.3) is 0 Å². The first kappa shape index (κ1) is 16.7. The van der Waals surface area contributed by atoms with Gasteiger partial charge in [-0.05, 0) is 24.3 Å². The molecule has 2 aromatic carbocycles. The minimum absolute atomic E-state index is 0.0833. The van der Waals surface area contributed by atoms with E-state index in [9.17, 15) is 14.0 Å². The highest BCUT2D eigenvalue weighted by Crippen LogP contribution is 2.27. The highest BCUT2D eigenvalue weighted by atomic mass is 32.1. The van der Waals surface area contributed by atoms with Crippen LogP contribution in [0.15, 0.2) is 48.5 Å². The van der Waals surface area contributed by atoms with Crippen molar-refractivity contribution in [3.8, 4) is 0 Å². The number of carbonyl (C=O) groups is 2. The molecule has 0 saturated carbocycles. The summed E-state index contributed by atoms with van der Waals surface area (Å²) in [5.74, 6) is -1.40. The average Bonchev–Trinajstić information content (AvgIpc) is 3.23. The van der Waals surface area contributed by atoms with Crippen molar-refractivity contribution in [2.24, 2.45) is 5.92 Å². The molecule has 4 rings (SSSR count). The van der Waals surface area contributed by atoms with Crippen molar-refractivity contribution in [2.75, 3.05) is 11.4 Å². The minimum atomic E-state index is -0.489. The zero-order valence-corrected chi connectivity index (χ0v) is 14.6.